The van der Waals surface area contributed by atoms with Crippen molar-refractivity contribution in [2.24, 2.45) is 0 Å². The number of nitrogens with one attached hydrogen (secondary N) is 2. The lowest BCUT2D eigenvalue weighted by molar-refractivity contribution is 0.0951. The van der Waals surface area contributed by atoms with E-state index in [4.69, 9.17) is 9.47 Å². The van der Waals surface area contributed by atoms with Gasteiger partial charge in [0.15, 0.2) is 5.65 Å². The van der Waals surface area contributed by atoms with Crippen LogP contribution in [0, 0.1) is 5.82 Å². The molecule has 0 aliphatic heterocycles. The second-order valence-corrected chi connectivity index (χ2v) is 7.16. The highest BCUT2D eigenvalue weighted by atomic mass is 19.1. The van der Waals surface area contributed by atoms with E-state index in [1.165, 1.54) is 32.7 Å². The summed E-state index contributed by atoms with van der Waals surface area (Å²) in [6, 6.07) is 11.3. The van der Waals surface area contributed by atoms with Crippen molar-refractivity contribution < 1.29 is 18.7 Å². The number of nitrogens with zero attached hydrogens (tertiary/aromatic N) is 4. The molecular formula is C23H23FN6O3. The van der Waals surface area contributed by atoms with Crippen molar-refractivity contribution in [2.45, 2.75) is 13.1 Å². The third-order valence-electron chi connectivity index (χ3n) is 5.03. The molecular weight excluding hydrogens is 427 g/mol. The van der Waals surface area contributed by atoms with Crippen LogP contribution in [0.4, 0.5) is 10.2 Å². The van der Waals surface area contributed by atoms with Gasteiger partial charge in [0.1, 0.15) is 29.5 Å². The highest BCUT2D eigenvalue weighted by Crippen LogP contribution is 2.22. The van der Waals surface area contributed by atoms with Gasteiger partial charge in [0, 0.05) is 24.7 Å². The zero-order valence-corrected chi connectivity index (χ0v) is 18.2. The number of benzene rings is 2. The summed E-state index contributed by atoms with van der Waals surface area (Å²) in [5.41, 5.74) is 2.00. The lowest BCUT2D eigenvalue weighted by Gasteiger charge is -2.10. The predicted molar refractivity (Wildman–Crippen MR) is 121 cm³/mol. The number of fused-ring (bicyclic) bond motifs is 1. The van der Waals surface area contributed by atoms with Crippen LogP contribution < -0.4 is 20.1 Å². The van der Waals surface area contributed by atoms with Crippen molar-refractivity contribution in [2.75, 3.05) is 26.1 Å². The first-order valence-corrected chi connectivity index (χ1v) is 10.2. The monoisotopic (exact) mass is 450 g/mol. The highest BCUT2D eigenvalue weighted by molar-refractivity contribution is 5.95. The Morgan fingerprint density at radius 2 is 1.79 bits per heavy atom. The normalized spacial score (nSPS) is 10.8. The molecule has 0 atom stereocenters. The zero-order valence-electron chi connectivity index (χ0n) is 18.2. The van der Waals surface area contributed by atoms with Gasteiger partial charge in [-0.1, -0.05) is 12.1 Å². The van der Waals surface area contributed by atoms with Gasteiger partial charge >= 0.3 is 0 Å². The van der Waals surface area contributed by atoms with E-state index in [2.05, 4.69) is 25.7 Å². The minimum atomic E-state index is -0.276. The van der Waals surface area contributed by atoms with E-state index < -0.39 is 0 Å². The third kappa shape index (κ3) is 5.17. The molecule has 4 rings (SSSR count). The van der Waals surface area contributed by atoms with Crippen LogP contribution in [-0.2, 0) is 13.1 Å². The fourth-order valence-electron chi connectivity index (χ4n) is 3.30. The Morgan fingerprint density at radius 3 is 2.48 bits per heavy atom. The SMILES string of the molecule is COc1cc(OC)cc(C(=O)NCCn2ncc3c(NCc4ccc(F)cc4)ncnc32)c1. The van der Waals surface area contributed by atoms with E-state index >= 15 is 0 Å². The second-order valence-electron chi connectivity index (χ2n) is 7.16. The molecule has 10 heteroatoms. The van der Waals surface area contributed by atoms with Crippen LogP contribution in [0.3, 0.4) is 0 Å². The standard InChI is InChI=1S/C23H23FN6O3/c1-32-18-9-16(10-19(11-18)33-2)23(31)25-7-8-30-22-20(13-29-30)21(27-14-28-22)26-12-15-3-5-17(24)6-4-15/h3-6,9-11,13-14H,7-8,12H2,1-2H3,(H,25,31)(H,26,27,28). The molecule has 170 valence electrons. The number of methoxy groups -OCH3 is 2. The number of ether oxygens (including phenoxy) is 2. The Kier molecular flexibility index (Phi) is 6.63. The molecule has 0 fully saturated rings. The summed E-state index contributed by atoms with van der Waals surface area (Å²) >= 11 is 0. The van der Waals surface area contributed by atoms with E-state index in [0.29, 0.717) is 48.2 Å². The summed E-state index contributed by atoms with van der Waals surface area (Å²) in [7, 11) is 3.06. The highest BCUT2D eigenvalue weighted by Gasteiger charge is 2.12. The number of amides is 1. The van der Waals surface area contributed by atoms with Gasteiger partial charge in [-0.2, -0.15) is 5.10 Å². The van der Waals surface area contributed by atoms with E-state index in [-0.39, 0.29) is 11.7 Å². The molecule has 2 N–H and O–H groups in total. The minimum absolute atomic E-state index is 0.250. The summed E-state index contributed by atoms with van der Waals surface area (Å²) < 4.78 is 25.2. The molecule has 0 radical (unpaired) electrons. The summed E-state index contributed by atoms with van der Waals surface area (Å²) in [6.45, 7) is 1.25. The molecule has 0 saturated heterocycles. The van der Waals surface area contributed by atoms with E-state index in [1.54, 1.807) is 41.2 Å². The Bertz CT molecular complexity index is 1240. The number of halogens is 1. The molecule has 2 heterocycles. The molecule has 0 spiro atoms. The number of carbonyl (C=O) groups is 1. The molecule has 33 heavy (non-hydrogen) atoms. The van der Waals surface area contributed by atoms with Gasteiger partial charge in [0.2, 0.25) is 0 Å². The maximum absolute atomic E-state index is 13.1. The van der Waals surface area contributed by atoms with E-state index in [9.17, 15) is 9.18 Å². The Hall–Kier alpha value is -4.21. The topological polar surface area (TPSA) is 103 Å². The molecule has 0 unspecified atom stereocenters. The van der Waals surface area contributed by atoms with Crippen molar-refractivity contribution >= 4 is 22.8 Å². The Labute approximate surface area is 189 Å². The number of carbonyl (C=O) groups excluding carboxylic acids is 1. The largest absolute Gasteiger partial charge is 0.497 e. The fraction of sp³-hybridized carbons (Fsp3) is 0.217. The Balaban J connectivity index is 1.40. The molecule has 2 aromatic carbocycles. The van der Waals surface area contributed by atoms with Gasteiger partial charge in [-0.15, -0.1) is 0 Å². The molecule has 2 aromatic heterocycles. The van der Waals surface area contributed by atoms with Crippen molar-refractivity contribution in [3.05, 3.63) is 71.9 Å². The van der Waals surface area contributed by atoms with Crippen LogP contribution in [0.15, 0.2) is 55.0 Å². The number of anilines is 1. The Morgan fingerprint density at radius 1 is 1.06 bits per heavy atom. The van der Waals surface area contributed by atoms with Gasteiger partial charge in [-0.25, -0.2) is 19.0 Å². The zero-order chi connectivity index (χ0) is 23.2. The number of hydrogen-bond donors (Lipinski definition) is 2. The summed E-state index contributed by atoms with van der Waals surface area (Å²) in [5, 5.41) is 11.2. The quantitative estimate of drug-likeness (QED) is 0.404. The van der Waals surface area contributed by atoms with Crippen molar-refractivity contribution in [3.8, 4) is 11.5 Å². The fourth-order valence-corrected chi connectivity index (χ4v) is 3.30. The molecule has 0 aliphatic carbocycles. The van der Waals surface area contributed by atoms with Crippen molar-refractivity contribution in [1.29, 1.82) is 0 Å². The number of hydrogen-bond acceptors (Lipinski definition) is 7. The van der Waals surface area contributed by atoms with Gasteiger partial charge < -0.3 is 20.1 Å². The molecule has 9 nitrogen and oxygen atoms in total. The first-order chi connectivity index (χ1) is 16.1. The summed E-state index contributed by atoms with van der Waals surface area (Å²) in [5.74, 6) is 1.18. The third-order valence-corrected chi connectivity index (χ3v) is 5.03. The summed E-state index contributed by atoms with van der Waals surface area (Å²) in [4.78, 5) is 21.2. The molecule has 1 amide bonds. The molecule has 0 bridgehead atoms. The van der Waals surface area contributed by atoms with Crippen LogP contribution in [0.25, 0.3) is 11.0 Å². The minimum Gasteiger partial charge on any atom is -0.497 e. The summed E-state index contributed by atoms with van der Waals surface area (Å²) in [6.07, 6.45) is 3.13. The van der Waals surface area contributed by atoms with Gasteiger partial charge in [0.25, 0.3) is 5.91 Å². The van der Waals surface area contributed by atoms with Gasteiger partial charge in [-0.3, -0.25) is 4.79 Å². The van der Waals surface area contributed by atoms with Crippen LogP contribution in [0.5, 0.6) is 11.5 Å². The molecule has 4 aromatic rings. The van der Waals surface area contributed by atoms with E-state index in [0.717, 1.165) is 10.9 Å². The first-order valence-electron chi connectivity index (χ1n) is 10.2. The van der Waals surface area contributed by atoms with Crippen LogP contribution in [0.1, 0.15) is 15.9 Å². The lowest BCUT2D eigenvalue weighted by Crippen LogP contribution is -2.27. The number of aromatic nitrogens is 4. The smallest absolute Gasteiger partial charge is 0.251 e. The lowest BCUT2D eigenvalue weighted by atomic mass is 10.2. The van der Waals surface area contributed by atoms with Crippen LogP contribution >= 0.6 is 0 Å². The predicted octanol–water partition coefficient (Wildman–Crippen LogP) is 3.02. The maximum atomic E-state index is 13.1. The van der Waals surface area contributed by atoms with Crippen LogP contribution in [-0.4, -0.2) is 46.4 Å². The van der Waals surface area contributed by atoms with Crippen LogP contribution in [0.2, 0.25) is 0 Å². The first kappa shape index (κ1) is 22.0. The van der Waals surface area contributed by atoms with E-state index in [1.807, 2.05) is 0 Å². The number of rotatable bonds is 9. The van der Waals surface area contributed by atoms with Crippen molar-refractivity contribution in [1.82, 2.24) is 25.1 Å². The average molecular weight is 450 g/mol. The maximum Gasteiger partial charge on any atom is 0.251 e. The molecule has 0 saturated carbocycles. The second kappa shape index (κ2) is 9.94. The molecule has 0 aliphatic rings. The van der Waals surface area contributed by atoms with Gasteiger partial charge in [-0.05, 0) is 29.8 Å². The van der Waals surface area contributed by atoms with Gasteiger partial charge in [0.05, 0.1) is 32.3 Å². The van der Waals surface area contributed by atoms with Crippen molar-refractivity contribution in [3.63, 3.8) is 0 Å². The average Bonchev–Trinajstić information content (AvgIpc) is 3.27.